The van der Waals surface area contributed by atoms with Crippen LogP contribution in [0.25, 0.3) is 0 Å². The highest BCUT2D eigenvalue weighted by Crippen LogP contribution is 2.07. The largest absolute Gasteiger partial charge is 0.309 e. The minimum Gasteiger partial charge on any atom is -0.309 e. The van der Waals surface area contributed by atoms with Gasteiger partial charge in [0.2, 0.25) is 0 Å². The molecule has 0 aliphatic rings. The smallest absolute Gasteiger partial charge is 0.179 e. The van der Waals surface area contributed by atoms with Crippen LogP contribution >= 0.6 is 0 Å². The number of halogens is 1. The van der Waals surface area contributed by atoms with Gasteiger partial charge in [0.05, 0.1) is 12.1 Å². The molecule has 0 amide bonds. The van der Waals surface area contributed by atoms with Crippen molar-refractivity contribution in [1.82, 2.24) is 9.80 Å². The minimum atomic E-state index is -0.441. The van der Waals surface area contributed by atoms with Crippen molar-refractivity contribution in [1.29, 1.82) is 0 Å². The molecule has 0 atom stereocenters. The Balaban J connectivity index is 2.43. The highest BCUT2D eigenvalue weighted by Gasteiger charge is 2.12. The van der Waals surface area contributed by atoms with E-state index >= 15 is 0 Å². The van der Waals surface area contributed by atoms with E-state index in [2.05, 4.69) is 4.90 Å². The first-order valence-electron chi connectivity index (χ1n) is 6.11. The van der Waals surface area contributed by atoms with Crippen LogP contribution in [0.3, 0.4) is 0 Å². The zero-order valence-corrected chi connectivity index (χ0v) is 11.3. The van der Waals surface area contributed by atoms with E-state index in [0.29, 0.717) is 0 Å². The van der Waals surface area contributed by atoms with Gasteiger partial charge in [0.1, 0.15) is 5.82 Å². The van der Waals surface area contributed by atoms with Crippen molar-refractivity contribution in [3.63, 3.8) is 0 Å². The molecular formula is C14H21FN2O. The van der Waals surface area contributed by atoms with E-state index in [0.717, 1.165) is 19.5 Å². The summed E-state index contributed by atoms with van der Waals surface area (Å²) >= 11 is 0. The van der Waals surface area contributed by atoms with Crippen molar-refractivity contribution in [2.24, 2.45) is 0 Å². The lowest BCUT2D eigenvalue weighted by atomic mass is 10.1. The number of Topliss-reactive ketones (excluding diaryl/α,β-unsaturated/α-hetero) is 1. The monoisotopic (exact) mass is 252 g/mol. The lowest BCUT2D eigenvalue weighted by molar-refractivity contribution is 0.0940. The molecule has 0 saturated carbocycles. The number of benzene rings is 1. The predicted molar refractivity (Wildman–Crippen MR) is 71.4 cm³/mol. The van der Waals surface area contributed by atoms with Gasteiger partial charge in [-0.3, -0.25) is 9.69 Å². The third kappa shape index (κ3) is 4.94. The van der Waals surface area contributed by atoms with Crippen LogP contribution in [0.5, 0.6) is 0 Å². The van der Waals surface area contributed by atoms with Crippen LogP contribution in [0.4, 0.5) is 4.39 Å². The molecular weight excluding hydrogens is 231 g/mol. The molecule has 0 bridgehead atoms. The Kier molecular flexibility index (Phi) is 5.95. The second-order valence-electron chi connectivity index (χ2n) is 4.80. The number of carbonyl (C=O) groups excluding carboxylic acids is 1. The SMILES string of the molecule is CN(C)CCCN(C)CC(=O)c1ccccc1F. The van der Waals surface area contributed by atoms with Crippen molar-refractivity contribution in [3.8, 4) is 0 Å². The summed E-state index contributed by atoms with van der Waals surface area (Å²) in [7, 11) is 5.92. The Morgan fingerprint density at radius 1 is 1.17 bits per heavy atom. The molecule has 0 saturated heterocycles. The Morgan fingerprint density at radius 2 is 1.83 bits per heavy atom. The Hall–Kier alpha value is -1.26. The molecule has 100 valence electrons. The van der Waals surface area contributed by atoms with Crippen LogP contribution in [0.15, 0.2) is 24.3 Å². The second-order valence-corrected chi connectivity index (χ2v) is 4.80. The number of rotatable bonds is 7. The third-order valence-electron chi connectivity index (χ3n) is 2.73. The molecule has 0 radical (unpaired) electrons. The lowest BCUT2D eigenvalue weighted by Crippen LogP contribution is -2.29. The predicted octanol–water partition coefficient (Wildman–Crippen LogP) is 1.89. The van der Waals surface area contributed by atoms with E-state index in [1.54, 1.807) is 12.1 Å². The molecule has 4 heteroatoms. The molecule has 0 fully saturated rings. The van der Waals surface area contributed by atoms with Gasteiger partial charge in [0, 0.05) is 0 Å². The summed E-state index contributed by atoms with van der Waals surface area (Å²) in [6.07, 6.45) is 0.994. The van der Waals surface area contributed by atoms with Crippen LogP contribution in [0, 0.1) is 5.82 Å². The van der Waals surface area contributed by atoms with E-state index in [-0.39, 0.29) is 17.9 Å². The maximum atomic E-state index is 13.4. The Labute approximate surface area is 108 Å². The molecule has 1 rings (SSSR count). The summed E-state index contributed by atoms with van der Waals surface area (Å²) in [4.78, 5) is 15.9. The number of likely N-dealkylation sites (N-methyl/N-ethyl adjacent to an activating group) is 1. The Bertz CT molecular complexity index is 393. The van der Waals surface area contributed by atoms with Gasteiger partial charge in [-0.05, 0) is 52.8 Å². The zero-order valence-electron chi connectivity index (χ0n) is 11.3. The number of ketones is 1. The third-order valence-corrected chi connectivity index (χ3v) is 2.73. The van der Waals surface area contributed by atoms with Crippen molar-refractivity contribution in [3.05, 3.63) is 35.6 Å². The highest BCUT2D eigenvalue weighted by molar-refractivity contribution is 5.97. The molecule has 3 nitrogen and oxygen atoms in total. The highest BCUT2D eigenvalue weighted by atomic mass is 19.1. The fourth-order valence-corrected chi connectivity index (χ4v) is 1.75. The molecule has 0 aromatic heterocycles. The molecule has 18 heavy (non-hydrogen) atoms. The van der Waals surface area contributed by atoms with Gasteiger partial charge >= 0.3 is 0 Å². The van der Waals surface area contributed by atoms with Crippen molar-refractivity contribution in [2.45, 2.75) is 6.42 Å². The maximum Gasteiger partial charge on any atom is 0.179 e. The van der Waals surface area contributed by atoms with E-state index in [4.69, 9.17) is 0 Å². The minimum absolute atomic E-state index is 0.166. The number of carbonyl (C=O) groups is 1. The summed E-state index contributed by atoms with van der Waals surface area (Å²) in [6, 6.07) is 6.12. The van der Waals surface area contributed by atoms with Gasteiger partial charge < -0.3 is 4.90 Å². The normalized spacial score (nSPS) is 11.2. The van der Waals surface area contributed by atoms with Gasteiger partial charge in [-0.2, -0.15) is 0 Å². The van der Waals surface area contributed by atoms with Gasteiger partial charge in [0.25, 0.3) is 0 Å². The van der Waals surface area contributed by atoms with Crippen molar-refractivity contribution < 1.29 is 9.18 Å². The quantitative estimate of drug-likeness (QED) is 0.692. The van der Waals surface area contributed by atoms with Gasteiger partial charge in [-0.15, -0.1) is 0 Å². The number of hydrogen-bond donors (Lipinski definition) is 0. The zero-order chi connectivity index (χ0) is 13.5. The topological polar surface area (TPSA) is 23.6 Å². The van der Waals surface area contributed by atoms with Crippen LogP contribution in [0.2, 0.25) is 0 Å². The fraction of sp³-hybridized carbons (Fsp3) is 0.500. The lowest BCUT2D eigenvalue weighted by Gasteiger charge is -2.17. The van der Waals surface area contributed by atoms with Crippen LogP contribution in [-0.4, -0.2) is 56.4 Å². The summed E-state index contributed by atoms with van der Waals surface area (Å²) in [5.74, 6) is -0.607. The maximum absolute atomic E-state index is 13.4. The van der Waals surface area contributed by atoms with E-state index in [1.807, 2.05) is 26.0 Å². The summed E-state index contributed by atoms with van der Waals surface area (Å²) in [6.45, 7) is 2.07. The molecule has 1 aromatic carbocycles. The first-order chi connectivity index (χ1) is 8.50. The van der Waals surface area contributed by atoms with Gasteiger partial charge in [-0.25, -0.2) is 4.39 Å². The van der Waals surface area contributed by atoms with Gasteiger partial charge in [-0.1, -0.05) is 12.1 Å². The molecule has 0 heterocycles. The fourth-order valence-electron chi connectivity index (χ4n) is 1.75. The molecule has 0 aliphatic heterocycles. The molecule has 1 aromatic rings. The summed E-state index contributed by atoms with van der Waals surface area (Å²) in [5, 5.41) is 0. The van der Waals surface area contributed by atoms with Crippen LogP contribution in [-0.2, 0) is 0 Å². The number of nitrogens with zero attached hydrogens (tertiary/aromatic N) is 2. The van der Waals surface area contributed by atoms with E-state index in [9.17, 15) is 9.18 Å². The Morgan fingerprint density at radius 3 is 2.44 bits per heavy atom. The van der Waals surface area contributed by atoms with Crippen LogP contribution < -0.4 is 0 Å². The second kappa shape index (κ2) is 7.24. The van der Waals surface area contributed by atoms with Crippen molar-refractivity contribution >= 4 is 5.78 Å². The summed E-state index contributed by atoms with van der Waals surface area (Å²) < 4.78 is 13.4. The molecule has 0 spiro atoms. The average Bonchev–Trinajstić information content (AvgIpc) is 2.28. The molecule has 0 unspecified atom stereocenters. The number of hydrogen-bond acceptors (Lipinski definition) is 3. The summed E-state index contributed by atoms with van der Waals surface area (Å²) in [5.41, 5.74) is 0.178. The molecule has 0 N–H and O–H groups in total. The van der Waals surface area contributed by atoms with E-state index < -0.39 is 5.82 Å². The van der Waals surface area contributed by atoms with Crippen molar-refractivity contribution in [2.75, 3.05) is 40.8 Å². The van der Waals surface area contributed by atoms with E-state index in [1.165, 1.54) is 12.1 Å². The standard InChI is InChI=1S/C14H21FN2O/c1-16(2)9-6-10-17(3)11-14(18)12-7-4-5-8-13(12)15/h4-5,7-8H,6,9-11H2,1-3H3. The molecule has 0 aliphatic carbocycles. The van der Waals surface area contributed by atoms with Crippen LogP contribution in [0.1, 0.15) is 16.8 Å². The first kappa shape index (κ1) is 14.8. The average molecular weight is 252 g/mol. The van der Waals surface area contributed by atoms with Gasteiger partial charge in [0.15, 0.2) is 5.78 Å². The first-order valence-corrected chi connectivity index (χ1v) is 6.11.